The summed E-state index contributed by atoms with van der Waals surface area (Å²) in [5.74, 6) is 0. The molecule has 0 aliphatic heterocycles. The first-order valence-electron chi connectivity index (χ1n) is 8.67. The molecule has 1 aromatic rings. The van der Waals surface area contributed by atoms with Gasteiger partial charge in [0.2, 0.25) is 0 Å². The summed E-state index contributed by atoms with van der Waals surface area (Å²) in [5.41, 5.74) is 1.23. The van der Waals surface area contributed by atoms with E-state index < -0.39 is 8.32 Å². The van der Waals surface area contributed by atoms with Gasteiger partial charge < -0.3 is 9.53 Å². The Morgan fingerprint density at radius 2 is 1.71 bits per heavy atom. The minimum atomic E-state index is -1.66. The second-order valence-electron chi connectivity index (χ2n) is 8.37. The summed E-state index contributed by atoms with van der Waals surface area (Å²) in [7, 11) is 2.06. The van der Waals surface area contributed by atoms with Crippen LogP contribution < -0.4 is 0 Å². The lowest BCUT2D eigenvalue weighted by Crippen LogP contribution is -2.41. The molecule has 0 heterocycles. The van der Waals surface area contributed by atoms with Crippen LogP contribution in [0, 0.1) is 0 Å². The fourth-order valence-electron chi connectivity index (χ4n) is 1.88. The predicted octanol–water partition coefficient (Wildman–Crippen LogP) is 6.15. The molecule has 0 saturated heterocycles. The highest BCUT2D eigenvalue weighted by Crippen LogP contribution is 2.44. The topological polar surface area (TPSA) is 29.5 Å². The van der Waals surface area contributed by atoms with Gasteiger partial charge in [-0.3, -0.25) is 0 Å². The molecule has 138 valence electrons. The van der Waals surface area contributed by atoms with E-state index in [9.17, 15) is 5.11 Å². The molecule has 5 heteroatoms. The van der Waals surface area contributed by atoms with E-state index in [1.807, 2.05) is 27.7 Å². The van der Waals surface area contributed by atoms with Crippen molar-refractivity contribution in [2.45, 2.75) is 75.2 Å². The van der Waals surface area contributed by atoms with E-state index in [0.717, 1.165) is 19.4 Å². The molecule has 0 amide bonds. The van der Waals surface area contributed by atoms with Crippen molar-refractivity contribution in [3.8, 4) is 0 Å². The summed E-state index contributed by atoms with van der Waals surface area (Å²) in [4.78, 5) is 1.26. The van der Waals surface area contributed by atoms with Gasteiger partial charge in [-0.15, -0.1) is 0 Å². The maximum atomic E-state index is 9.20. The van der Waals surface area contributed by atoms with Crippen LogP contribution in [0.15, 0.2) is 29.2 Å². The van der Waals surface area contributed by atoms with E-state index in [4.69, 9.17) is 4.43 Å². The van der Waals surface area contributed by atoms with Crippen LogP contribution in [0.4, 0.5) is 0 Å². The Labute approximate surface area is 157 Å². The largest absolute Gasteiger partial charge is 0.417 e. The molecule has 2 nitrogen and oxygen atoms in total. The van der Waals surface area contributed by atoms with Crippen LogP contribution in [0.3, 0.4) is 0 Å². The fourth-order valence-corrected chi connectivity index (χ4v) is 5.50. The molecule has 0 unspecified atom stereocenters. The molecule has 0 aromatic heterocycles. The summed E-state index contributed by atoms with van der Waals surface area (Å²) in [6.07, 6.45) is 1.76. The third kappa shape index (κ3) is 7.12. The minimum absolute atomic E-state index is 0.152. The molecule has 0 saturated carbocycles. The highest BCUT2D eigenvalue weighted by Gasteiger charge is 2.37. The lowest BCUT2D eigenvalue weighted by atomic mass is 10.1. The summed E-state index contributed by atoms with van der Waals surface area (Å²) in [6.45, 7) is 17.1. The molecule has 0 fully saturated rings. The van der Waals surface area contributed by atoms with E-state index in [0.29, 0.717) is 0 Å². The second-order valence-corrected chi connectivity index (χ2v) is 16.1. The van der Waals surface area contributed by atoms with E-state index in [1.165, 1.54) is 10.5 Å². The fraction of sp³-hybridized carbons (Fsp3) is 0.684. The maximum Gasteiger partial charge on any atom is 0.191 e. The van der Waals surface area contributed by atoms with Gasteiger partial charge in [-0.1, -0.05) is 60.6 Å². The van der Waals surface area contributed by atoms with E-state index in [1.54, 1.807) is 0 Å². The zero-order valence-corrected chi connectivity index (χ0v) is 18.9. The second kappa shape index (κ2) is 9.13. The summed E-state index contributed by atoms with van der Waals surface area (Å²) in [5, 5.41) is 9.47. The van der Waals surface area contributed by atoms with Crippen molar-refractivity contribution in [1.29, 1.82) is 0 Å². The van der Waals surface area contributed by atoms with E-state index in [-0.39, 0.29) is 16.4 Å². The van der Waals surface area contributed by atoms with Crippen LogP contribution in [0.5, 0.6) is 0 Å². The van der Waals surface area contributed by atoms with Gasteiger partial charge in [-0.25, -0.2) is 0 Å². The van der Waals surface area contributed by atoms with Gasteiger partial charge in [0.15, 0.2) is 8.32 Å². The maximum absolute atomic E-state index is 9.20. The molecular formula is C19H34O2S2Si. The summed E-state index contributed by atoms with van der Waals surface area (Å²) >= 11 is 0. The molecular weight excluding hydrogens is 352 g/mol. The first kappa shape index (κ1) is 22.1. The zero-order chi connectivity index (χ0) is 18.4. The zero-order valence-electron chi connectivity index (χ0n) is 16.3. The standard InChI is InChI=1S/C19H34O2S2Si/c1-18(2,3)24(6,7)21-15-13-19(4,5)23-22-17-11-9-8-10-16(17)12-14-20/h8-11,20H,12-15H2,1-7H3. The number of rotatable bonds is 9. The van der Waals surface area contributed by atoms with Gasteiger partial charge in [0.1, 0.15) is 0 Å². The van der Waals surface area contributed by atoms with Crippen LogP contribution >= 0.6 is 21.6 Å². The Balaban J connectivity index is 2.53. The van der Waals surface area contributed by atoms with Crippen LogP contribution in [-0.4, -0.2) is 31.4 Å². The molecule has 0 aliphatic carbocycles. The van der Waals surface area contributed by atoms with Crippen LogP contribution in [0.1, 0.15) is 46.6 Å². The molecule has 24 heavy (non-hydrogen) atoms. The molecule has 0 radical (unpaired) electrons. The Bertz CT molecular complexity index is 510. The van der Waals surface area contributed by atoms with Crippen molar-refractivity contribution in [3.05, 3.63) is 29.8 Å². The quantitative estimate of drug-likeness (QED) is 0.407. The Morgan fingerprint density at radius 3 is 2.29 bits per heavy atom. The summed E-state index contributed by atoms with van der Waals surface area (Å²) in [6, 6.07) is 8.35. The van der Waals surface area contributed by atoms with Gasteiger partial charge in [0.25, 0.3) is 0 Å². The van der Waals surface area contributed by atoms with Gasteiger partial charge in [-0.05, 0) is 56.5 Å². The van der Waals surface area contributed by atoms with Crippen molar-refractivity contribution < 1.29 is 9.53 Å². The first-order valence-corrected chi connectivity index (χ1v) is 13.7. The SMILES string of the molecule is CC(C)(CCO[Si](C)(C)C(C)(C)C)SSc1ccccc1CCO. The lowest BCUT2D eigenvalue weighted by molar-refractivity contribution is 0.271. The van der Waals surface area contributed by atoms with E-state index in [2.05, 4.69) is 65.9 Å². The molecule has 0 bridgehead atoms. The molecule has 0 atom stereocenters. The van der Waals surface area contributed by atoms with E-state index >= 15 is 0 Å². The first-order chi connectivity index (χ1) is 11.0. The van der Waals surface area contributed by atoms with Crippen molar-refractivity contribution in [2.24, 2.45) is 0 Å². The van der Waals surface area contributed by atoms with Crippen molar-refractivity contribution >= 4 is 29.9 Å². The Kier molecular flexibility index (Phi) is 8.40. The number of benzene rings is 1. The Morgan fingerprint density at radius 1 is 1.08 bits per heavy atom. The smallest absolute Gasteiger partial charge is 0.191 e. The average molecular weight is 387 g/mol. The van der Waals surface area contributed by atoms with Crippen LogP contribution in [0.25, 0.3) is 0 Å². The average Bonchev–Trinajstić information content (AvgIpc) is 2.45. The van der Waals surface area contributed by atoms with Crippen molar-refractivity contribution in [1.82, 2.24) is 0 Å². The van der Waals surface area contributed by atoms with Gasteiger partial charge in [-0.2, -0.15) is 0 Å². The monoisotopic (exact) mass is 386 g/mol. The van der Waals surface area contributed by atoms with Gasteiger partial charge in [0.05, 0.1) is 0 Å². The number of hydrogen-bond donors (Lipinski definition) is 1. The minimum Gasteiger partial charge on any atom is -0.417 e. The third-order valence-corrected chi connectivity index (χ3v) is 12.7. The molecule has 1 N–H and O–H groups in total. The number of aliphatic hydroxyl groups excluding tert-OH is 1. The highest BCUT2D eigenvalue weighted by molar-refractivity contribution is 8.77. The van der Waals surface area contributed by atoms with Crippen LogP contribution in [-0.2, 0) is 10.8 Å². The summed E-state index contributed by atoms with van der Waals surface area (Å²) < 4.78 is 6.48. The lowest BCUT2D eigenvalue weighted by Gasteiger charge is -2.37. The van der Waals surface area contributed by atoms with Gasteiger partial charge in [0, 0.05) is 22.9 Å². The Hall–Kier alpha value is 0.0569. The van der Waals surface area contributed by atoms with Crippen LogP contribution in [0.2, 0.25) is 18.1 Å². The van der Waals surface area contributed by atoms with Crippen molar-refractivity contribution in [3.63, 3.8) is 0 Å². The third-order valence-electron chi connectivity index (χ3n) is 4.68. The molecule has 0 spiro atoms. The normalized spacial score (nSPS) is 13.3. The number of aliphatic hydroxyl groups is 1. The predicted molar refractivity (Wildman–Crippen MR) is 113 cm³/mol. The number of hydrogen-bond acceptors (Lipinski definition) is 4. The molecule has 0 aliphatic rings. The van der Waals surface area contributed by atoms with Gasteiger partial charge >= 0.3 is 0 Å². The molecule has 1 rings (SSSR count). The highest BCUT2D eigenvalue weighted by atomic mass is 33.1. The van der Waals surface area contributed by atoms with Crippen molar-refractivity contribution in [2.75, 3.05) is 13.2 Å². The molecule has 1 aromatic carbocycles.